The predicted octanol–water partition coefficient (Wildman–Crippen LogP) is -0.822. The molecule has 0 radical (unpaired) electrons. The SMILES string of the molecule is Cc1nc(-n2c(C)nn(CC3CO3)c2=O)n(C)n1. The lowest BCUT2D eigenvalue weighted by Gasteiger charge is -1.99. The molecule has 3 heterocycles. The Morgan fingerprint density at radius 2 is 2.11 bits per heavy atom. The van der Waals surface area contributed by atoms with Crippen LogP contribution in [0.3, 0.4) is 0 Å². The zero-order valence-corrected chi connectivity index (χ0v) is 10.5. The second-order valence-electron chi connectivity index (χ2n) is 4.39. The molecule has 1 fully saturated rings. The van der Waals surface area contributed by atoms with E-state index in [-0.39, 0.29) is 11.8 Å². The van der Waals surface area contributed by atoms with Crippen molar-refractivity contribution in [3.63, 3.8) is 0 Å². The maximum Gasteiger partial charge on any atom is 0.353 e. The molecule has 96 valence electrons. The summed E-state index contributed by atoms with van der Waals surface area (Å²) in [5.74, 6) is 1.70. The van der Waals surface area contributed by atoms with Crippen molar-refractivity contribution in [3.8, 4) is 5.95 Å². The summed E-state index contributed by atoms with van der Waals surface area (Å²) >= 11 is 0. The zero-order valence-electron chi connectivity index (χ0n) is 10.5. The Hall–Kier alpha value is -1.96. The lowest BCUT2D eigenvalue weighted by atomic mass is 10.5. The minimum absolute atomic E-state index is 0.117. The lowest BCUT2D eigenvalue weighted by molar-refractivity contribution is 0.369. The Morgan fingerprint density at radius 1 is 1.39 bits per heavy atom. The third kappa shape index (κ3) is 1.74. The van der Waals surface area contributed by atoms with E-state index in [1.54, 1.807) is 25.6 Å². The minimum atomic E-state index is -0.210. The third-order valence-corrected chi connectivity index (χ3v) is 2.83. The summed E-state index contributed by atoms with van der Waals surface area (Å²) in [6, 6.07) is 0. The van der Waals surface area contributed by atoms with Gasteiger partial charge in [0.15, 0.2) is 0 Å². The van der Waals surface area contributed by atoms with Gasteiger partial charge in [-0.15, -0.1) is 0 Å². The first-order chi connectivity index (χ1) is 8.56. The highest BCUT2D eigenvalue weighted by Gasteiger charge is 2.26. The van der Waals surface area contributed by atoms with Gasteiger partial charge in [0.2, 0.25) is 5.95 Å². The van der Waals surface area contributed by atoms with Crippen LogP contribution in [0, 0.1) is 13.8 Å². The van der Waals surface area contributed by atoms with Crippen molar-refractivity contribution >= 4 is 0 Å². The maximum absolute atomic E-state index is 12.2. The van der Waals surface area contributed by atoms with E-state index in [9.17, 15) is 4.79 Å². The van der Waals surface area contributed by atoms with Gasteiger partial charge in [0, 0.05) is 7.05 Å². The molecule has 0 aliphatic carbocycles. The Kier molecular flexibility index (Phi) is 2.34. The fourth-order valence-corrected chi connectivity index (χ4v) is 1.93. The Bertz CT molecular complexity index is 648. The highest BCUT2D eigenvalue weighted by atomic mass is 16.6. The molecule has 0 N–H and O–H groups in total. The van der Waals surface area contributed by atoms with Crippen LogP contribution in [0.5, 0.6) is 0 Å². The van der Waals surface area contributed by atoms with Crippen LogP contribution in [0.1, 0.15) is 11.6 Å². The fraction of sp³-hybridized carbons (Fsp3) is 0.600. The van der Waals surface area contributed by atoms with E-state index >= 15 is 0 Å². The smallest absolute Gasteiger partial charge is 0.353 e. The predicted molar refractivity (Wildman–Crippen MR) is 61.6 cm³/mol. The zero-order chi connectivity index (χ0) is 12.9. The quantitative estimate of drug-likeness (QED) is 0.664. The average molecular weight is 250 g/mol. The summed E-state index contributed by atoms with van der Waals surface area (Å²) in [6.07, 6.45) is 0.117. The molecule has 18 heavy (non-hydrogen) atoms. The van der Waals surface area contributed by atoms with E-state index in [0.717, 1.165) is 0 Å². The molecule has 1 unspecified atom stereocenters. The largest absolute Gasteiger partial charge is 0.371 e. The van der Waals surface area contributed by atoms with E-state index < -0.39 is 0 Å². The first kappa shape index (κ1) is 11.1. The van der Waals surface area contributed by atoms with Crippen molar-refractivity contribution in [2.45, 2.75) is 26.5 Å². The van der Waals surface area contributed by atoms with Crippen LogP contribution in [-0.4, -0.2) is 41.8 Å². The second-order valence-corrected chi connectivity index (χ2v) is 4.39. The minimum Gasteiger partial charge on any atom is -0.371 e. The number of rotatable bonds is 3. The fourth-order valence-electron chi connectivity index (χ4n) is 1.93. The van der Waals surface area contributed by atoms with Gasteiger partial charge in [0.25, 0.3) is 0 Å². The van der Waals surface area contributed by atoms with Crippen LogP contribution in [0.2, 0.25) is 0 Å². The highest BCUT2D eigenvalue weighted by molar-refractivity contribution is 5.14. The summed E-state index contributed by atoms with van der Waals surface area (Å²) in [5, 5.41) is 8.36. The number of aromatic nitrogens is 6. The number of epoxide rings is 1. The maximum atomic E-state index is 12.2. The third-order valence-electron chi connectivity index (χ3n) is 2.83. The number of hydrogen-bond donors (Lipinski definition) is 0. The molecule has 0 aromatic carbocycles. The molecule has 8 nitrogen and oxygen atoms in total. The van der Waals surface area contributed by atoms with Gasteiger partial charge in [-0.3, -0.25) is 0 Å². The number of nitrogens with zero attached hydrogens (tertiary/aromatic N) is 6. The van der Waals surface area contributed by atoms with Crippen molar-refractivity contribution in [2.24, 2.45) is 7.05 Å². The lowest BCUT2D eigenvalue weighted by Crippen LogP contribution is -2.27. The molecule has 1 atom stereocenters. The van der Waals surface area contributed by atoms with Gasteiger partial charge in [-0.1, -0.05) is 0 Å². The molecule has 2 aromatic rings. The van der Waals surface area contributed by atoms with Crippen LogP contribution in [0.4, 0.5) is 0 Å². The van der Waals surface area contributed by atoms with Gasteiger partial charge in [-0.2, -0.15) is 15.2 Å². The van der Waals surface area contributed by atoms with Crippen molar-refractivity contribution < 1.29 is 4.74 Å². The van der Waals surface area contributed by atoms with E-state index in [2.05, 4.69) is 15.2 Å². The Balaban J connectivity index is 2.08. The van der Waals surface area contributed by atoms with Crippen LogP contribution in [0.15, 0.2) is 4.79 Å². The van der Waals surface area contributed by atoms with Crippen molar-refractivity contribution in [1.82, 2.24) is 29.1 Å². The van der Waals surface area contributed by atoms with E-state index in [1.165, 1.54) is 9.25 Å². The summed E-state index contributed by atoms with van der Waals surface area (Å²) in [5.41, 5.74) is -0.210. The van der Waals surface area contributed by atoms with Crippen LogP contribution in [-0.2, 0) is 18.3 Å². The summed E-state index contributed by atoms with van der Waals surface area (Å²) < 4.78 is 9.56. The average Bonchev–Trinajstić information content (AvgIpc) is 2.98. The van der Waals surface area contributed by atoms with E-state index in [0.29, 0.717) is 30.7 Å². The molecule has 1 aliphatic rings. The Labute approximate surface area is 103 Å². The number of ether oxygens (including phenoxy) is 1. The summed E-state index contributed by atoms with van der Waals surface area (Å²) in [6.45, 7) is 4.74. The summed E-state index contributed by atoms with van der Waals surface area (Å²) in [4.78, 5) is 16.5. The second kappa shape index (κ2) is 3.77. The molecule has 3 rings (SSSR count). The normalized spacial score (nSPS) is 18.3. The van der Waals surface area contributed by atoms with Crippen LogP contribution >= 0.6 is 0 Å². The standard InChI is InChI=1S/C10H14N6O2/c1-6-11-9(14(3)12-6)16-7(2)13-15(10(16)17)4-8-5-18-8/h8H,4-5H2,1-3H3. The van der Waals surface area contributed by atoms with Crippen molar-refractivity contribution in [2.75, 3.05) is 6.61 Å². The molecule has 2 aromatic heterocycles. The van der Waals surface area contributed by atoms with Gasteiger partial charge in [0.05, 0.1) is 13.2 Å². The van der Waals surface area contributed by atoms with Gasteiger partial charge in [-0.05, 0) is 13.8 Å². The topological polar surface area (TPSA) is 83.1 Å². The van der Waals surface area contributed by atoms with E-state index in [1.807, 2.05) is 0 Å². The van der Waals surface area contributed by atoms with E-state index in [4.69, 9.17) is 4.74 Å². The molecule has 8 heteroatoms. The van der Waals surface area contributed by atoms with Gasteiger partial charge < -0.3 is 4.74 Å². The molecule has 0 saturated carbocycles. The first-order valence-corrected chi connectivity index (χ1v) is 5.72. The molecule has 0 amide bonds. The summed E-state index contributed by atoms with van der Waals surface area (Å²) in [7, 11) is 1.75. The van der Waals surface area contributed by atoms with Gasteiger partial charge in [-0.25, -0.2) is 18.7 Å². The molecule has 1 aliphatic heterocycles. The highest BCUT2D eigenvalue weighted by Crippen LogP contribution is 2.10. The molecule has 1 saturated heterocycles. The van der Waals surface area contributed by atoms with Gasteiger partial charge >= 0.3 is 5.69 Å². The number of hydrogen-bond acceptors (Lipinski definition) is 5. The monoisotopic (exact) mass is 250 g/mol. The van der Waals surface area contributed by atoms with Crippen LogP contribution < -0.4 is 5.69 Å². The first-order valence-electron chi connectivity index (χ1n) is 5.72. The molecule has 0 bridgehead atoms. The molecule has 0 spiro atoms. The molecular weight excluding hydrogens is 236 g/mol. The molecular formula is C10H14N6O2. The van der Waals surface area contributed by atoms with Gasteiger partial charge in [0.1, 0.15) is 17.8 Å². The van der Waals surface area contributed by atoms with Crippen LogP contribution in [0.25, 0.3) is 5.95 Å². The number of aryl methyl sites for hydroxylation is 3. The van der Waals surface area contributed by atoms with Crippen molar-refractivity contribution in [3.05, 3.63) is 22.1 Å². The van der Waals surface area contributed by atoms with Crippen molar-refractivity contribution in [1.29, 1.82) is 0 Å². The Morgan fingerprint density at radius 3 is 2.67 bits per heavy atom.